The number of hydrogen-bond acceptors (Lipinski definition) is 2. The summed E-state index contributed by atoms with van der Waals surface area (Å²) in [6.07, 6.45) is -10.7. The van der Waals surface area contributed by atoms with E-state index in [4.69, 9.17) is 5.73 Å². The van der Waals surface area contributed by atoms with Gasteiger partial charge in [0.25, 0.3) is 0 Å². The molecule has 0 aromatic heterocycles. The van der Waals surface area contributed by atoms with Gasteiger partial charge in [-0.15, -0.1) is 25.6 Å². The highest BCUT2D eigenvalue weighted by molar-refractivity contribution is 5.85. The number of alkyl halides is 6. The topological polar surface area (TPSA) is 35.2 Å². The van der Waals surface area contributed by atoms with Crippen molar-refractivity contribution in [3.05, 3.63) is 29.8 Å². The Morgan fingerprint density at radius 2 is 1.68 bits per heavy atom. The van der Waals surface area contributed by atoms with Crippen LogP contribution in [0.3, 0.4) is 0 Å². The van der Waals surface area contributed by atoms with Crippen LogP contribution in [0.1, 0.15) is 18.0 Å². The molecule has 0 amide bonds. The van der Waals surface area contributed by atoms with Crippen molar-refractivity contribution in [2.24, 2.45) is 5.73 Å². The Balaban J connectivity index is 0.00000324. The fraction of sp³-hybridized carbons (Fsp3) is 0.400. The molecule has 0 heterocycles. The molecule has 1 rings (SSSR count). The maximum atomic E-state index is 12.1. The predicted molar refractivity (Wildman–Crippen MR) is 58.0 cm³/mol. The van der Waals surface area contributed by atoms with E-state index >= 15 is 0 Å². The van der Waals surface area contributed by atoms with Gasteiger partial charge >= 0.3 is 12.5 Å². The second kappa shape index (κ2) is 6.33. The zero-order valence-corrected chi connectivity index (χ0v) is 10.1. The minimum absolute atomic E-state index is 0. The normalized spacial score (nSPS) is 13.6. The lowest BCUT2D eigenvalue weighted by Crippen LogP contribution is -2.21. The van der Waals surface area contributed by atoms with Crippen molar-refractivity contribution >= 4 is 12.4 Å². The van der Waals surface area contributed by atoms with Gasteiger partial charge in [0.05, 0.1) is 6.42 Å². The molecule has 0 bridgehead atoms. The molecule has 0 saturated carbocycles. The lowest BCUT2D eigenvalue weighted by molar-refractivity contribution is -0.274. The van der Waals surface area contributed by atoms with Crippen molar-refractivity contribution in [3.63, 3.8) is 0 Å². The molecule has 2 N–H and O–H groups in total. The van der Waals surface area contributed by atoms with Gasteiger partial charge < -0.3 is 10.5 Å². The molecule has 0 fully saturated rings. The largest absolute Gasteiger partial charge is 0.573 e. The molecule has 0 unspecified atom stereocenters. The highest BCUT2D eigenvalue weighted by Gasteiger charge is 2.33. The van der Waals surface area contributed by atoms with E-state index in [0.717, 1.165) is 18.2 Å². The molecule has 1 aromatic carbocycles. The van der Waals surface area contributed by atoms with E-state index in [1.54, 1.807) is 0 Å². The van der Waals surface area contributed by atoms with E-state index in [0.29, 0.717) is 0 Å². The first-order valence-corrected chi connectivity index (χ1v) is 4.75. The Morgan fingerprint density at radius 1 is 1.11 bits per heavy atom. The standard InChI is InChI=1S/C10H9F6NO.ClH/c11-9(12,13)5-8(17)6-2-1-3-7(4-6)18-10(14,15)16;/h1-4,8H,5,17H2;1H/t8-;/m1./s1. The Kier molecular flexibility index (Phi) is 5.95. The number of ether oxygens (including phenoxy) is 1. The third-order valence-corrected chi connectivity index (χ3v) is 1.97. The van der Waals surface area contributed by atoms with Crippen LogP contribution < -0.4 is 10.5 Å². The van der Waals surface area contributed by atoms with Crippen LogP contribution in [0, 0.1) is 0 Å². The summed E-state index contributed by atoms with van der Waals surface area (Å²) in [6, 6.07) is 2.75. The van der Waals surface area contributed by atoms with Crippen molar-refractivity contribution in [1.29, 1.82) is 0 Å². The van der Waals surface area contributed by atoms with Crippen LogP contribution in [-0.4, -0.2) is 12.5 Å². The first kappa shape index (κ1) is 17.8. The zero-order chi connectivity index (χ0) is 14.0. The Hall–Kier alpha value is -1.15. The van der Waals surface area contributed by atoms with Gasteiger partial charge in [0, 0.05) is 6.04 Å². The highest BCUT2D eigenvalue weighted by Crippen LogP contribution is 2.30. The minimum Gasteiger partial charge on any atom is -0.406 e. The van der Waals surface area contributed by atoms with Gasteiger partial charge in [0.1, 0.15) is 5.75 Å². The molecule has 1 atom stereocenters. The van der Waals surface area contributed by atoms with Crippen LogP contribution in [0.2, 0.25) is 0 Å². The molecule has 19 heavy (non-hydrogen) atoms. The van der Waals surface area contributed by atoms with Crippen molar-refractivity contribution < 1.29 is 31.1 Å². The SMILES string of the molecule is Cl.N[C@H](CC(F)(F)F)c1cccc(OC(F)(F)F)c1. The van der Waals surface area contributed by atoms with Gasteiger partial charge in [0.15, 0.2) is 0 Å². The first-order chi connectivity index (χ1) is 8.07. The molecule has 1 aromatic rings. The lowest BCUT2D eigenvalue weighted by Gasteiger charge is -2.16. The number of benzene rings is 1. The first-order valence-electron chi connectivity index (χ1n) is 4.75. The third kappa shape index (κ3) is 7.12. The van der Waals surface area contributed by atoms with E-state index in [1.807, 2.05) is 0 Å². The summed E-state index contributed by atoms with van der Waals surface area (Å²) < 4.78 is 75.5. The molecule has 9 heteroatoms. The monoisotopic (exact) mass is 309 g/mol. The average molecular weight is 310 g/mol. The molecular weight excluding hydrogens is 300 g/mol. The molecule has 110 valence electrons. The molecule has 0 radical (unpaired) electrons. The Labute approximate surface area is 110 Å². The molecular formula is C10H10ClF6NO. The molecule has 0 aliphatic heterocycles. The Bertz CT molecular complexity index is 406. The highest BCUT2D eigenvalue weighted by atomic mass is 35.5. The van der Waals surface area contributed by atoms with Crippen molar-refractivity contribution in [3.8, 4) is 5.75 Å². The van der Waals surface area contributed by atoms with Gasteiger partial charge in [-0.3, -0.25) is 0 Å². The second-order valence-electron chi connectivity index (χ2n) is 3.55. The van der Waals surface area contributed by atoms with Crippen molar-refractivity contribution in [2.45, 2.75) is 25.0 Å². The van der Waals surface area contributed by atoms with Gasteiger partial charge in [-0.2, -0.15) is 13.2 Å². The number of hydrogen-bond donors (Lipinski definition) is 1. The van der Waals surface area contributed by atoms with Gasteiger partial charge in [-0.25, -0.2) is 0 Å². The zero-order valence-electron chi connectivity index (χ0n) is 9.26. The summed E-state index contributed by atoms with van der Waals surface area (Å²) in [5.74, 6) is -0.599. The van der Waals surface area contributed by atoms with Gasteiger partial charge in [-0.1, -0.05) is 12.1 Å². The average Bonchev–Trinajstić information content (AvgIpc) is 2.12. The smallest absolute Gasteiger partial charge is 0.406 e. The van der Waals surface area contributed by atoms with Crippen LogP contribution in [0.5, 0.6) is 5.75 Å². The molecule has 2 nitrogen and oxygen atoms in total. The number of nitrogens with two attached hydrogens (primary N) is 1. The summed E-state index contributed by atoms with van der Waals surface area (Å²) >= 11 is 0. The van der Waals surface area contributed by atoms with E-state index in [2.05, 4.69) is 4.74 Å². The van der Waals surface area contributed by atoms with Crippen LogP contribution in [-0.2, 0) is 0 Å². The van der Waals surface area contributed by atoms with E-state index in [-0.39, 0.29) is 18.0 Å². The molecule has 0 aliphatic carbocycles. The molecule has 0 spiro atoms. The second-order valence-corrected chi connectivity index (χ2v) is 3.55. The lowest BCUT2D eigenvalue weighted by atomic mass is 10.0. The Morgan fingerprint density at radius 3 is 2.16 bits per heavy atom. The number of halogens is 7. The van der Waals surface area contributed by atoms with E-state index in [9.17, 15) is 26.3 Å². The number of rotatable bonds is 3. The summed E-state index contributed by atoms with van der Waals surface area (Å²) in [6.45, 7) is 0. The summed E-state index contributed by atoms with van der Waals surface area (Å²) in [4.78, 5) is 0. The van der Waals surface area contributed by atoms with Crippen LogP contribution in [0.25, 0.3) is 0 Å². The summed E-state index contributed by atoms with van der Waals surface area (Å²) in [5.41, 5.74) is 5.18. The van der Waals surface area contributed by atoms with Crippen LogP contribution in [0.15, 0.2) is 24.3 Å². The predicted octanol–water partition coefficient (Wildman–Crippen LogP) is 3.96. The van der Waals surface area contributed by atoms with E-state index in [1.165, 1.54) is 6.07 Å². The third-order valence-electron chi connectivity index (χ3n) is 1.97. The van der Waals surface area contributed by atoms with E-state index < -0.39 is 30.8 Å². The van der Waals surface area contributed by atoms with Gasteiger partial charge in [-0.05, 0) is 17.7 Å². The fourth-order valence-corrected chi connectivity index (χ4v) is 1.31. The minimum atomic E-state index is -4.90. The maximum Gasteiger partial charge on any atom is 0.573 e. The van der Waals surface area contributed by atoms with Crippen LogP contribution >= 0.6 is 12.4 Å². The van der Waals surface area contributed by atoms with Crippen molar-refractivity contribution in [2.75, 3.05) is 0 Å². The molecule has 0 aliphatic rings. The van der Waals surface area contributed by atoms with Crippen molar-refractivity contribution in [1.82, 2.24) is 0 Å². The van der Waals surface area contributed by atoms with Gasteiger partial charge in [0.2, 0.25) is 0 Å². The summed E-state index contributed by atoms with van der Waals surface area (Å²) in [5, 5.41) is 0. The molecule has 0 saturated heterocycles. The maximum absolute atomic E-state index is 12.1. The summed E-state index contributed by atoms with van der Waals surface area (Å²) in [7, 11) is 0. The van der Waals surface area contributed by atoms with Crippen LogP contribution in [0.4, 0.5) is 26.3 Å². The quantitative estimate of drug-likeness (QED) is 0.858. The fourth-order valence-electron chi connectivity index (χ4n) is 1.31.